The van der Waals surface area contributed by atoms with Gasteiger partial charge in [-0.05, 0) is 37.8 Å². The zero-order valence-corrected chi connectivity index (χ0v) is 9.73. The summed E-state index contributed by atoms with van der Waals surface area (Å²) < 4.78 is 0. The van der Waals surface area contributed by atoms with E-state index in [9.17, 15) is 5.11 Å². The molecule has 1 aliphatic rings. The van der Waals surface area contributed by atoms with Crippen LogP contribution < -0.4 is 5.32 Å². The maximum atomic E-state index is 10.0. The molecule has 2 nitrogen and oxygen atoms in total. The molecule has 0 aromatic heterocycles. The molecule has 2 rings (SSSR count). The molecule has 2 unspecified atom stereocenters. The fraction of sp³-hybridized carbons (Fsp3) is 0.571. The molecule has 88 valence electrons. The van der Waals surface area contributed by atoms with Gasteiger partial charge in [-0.2, -0.15) is 0 Å². The molecule has 1 heterocycles. The monoisotopic (exact) mass is 219 g/mol. The lowest BCUT2D eigenvalue weighted by Gasteiger charge is -2.25. The fourth-order valence-corrected chi connectivity index (χ4v) is 2.42. The van der Waals surface area contributed by atoms with Crippen LogP contribution in [0.5, 0.6) is 0 Å². The van der Waals surface area contributed by atoms with Crippen molar-refractivity contribution < 1.29 is 5.11 Å². The summed E-state index contributed by atoms with van der Waals surface area (Å²) in [6.07, 6.45) is 5.25. The number of hydrogen-bond donors (Lipinski definition) is 2. The van der Waals surface area contributed by atoms with E-state index in [1.165, 1.54) is 24.8 Å². The molecule has 0 aliphatic carbocycles. The number of rotatable bonds is 4. The summed E-state index contributed by atoms with van der Waals surface area (Å²) in [5.41, 5.74) is 1.23. The van der Waals surface area contributed by atoms with Gasteiger partial charge in [0.2, 0.25) is 0 Å². The van der Waals surface area contributed by atoms with Crippen molar-refractivity contribution in [3.8, 4) is 0 Å². The highest BCUT2D eigenvalue weighted by molar-refractivity contribution is 5.15. The third-order valence-corrected chi connectivity index (χ3v) is 3.28. The Morgan fingerprint density at radius 1 is 1.25 bits per heavy atom. The lowest BCUT2D eigenvalue weighted by atomic mass is 9.96. The number of hydrogen-bond acceptors (Lipinski definition) is 2. The summed E-state index contributed by atoms with van der Waals surface area (Å²) >= 11 is 0. The molecule has 2 heteroatoms. The van der Waals surface area contributed by atoms with Gasteiger partial charge in [0.1, 0.15) is 0 Å². The van der Waals surface area contributed by atoms with Gasteiger partial charge in [-0.3, -0.25) is 0 Å². The molecule has 1 aromatic carbocycles. The first kappa shape index (κ1) is 11.6. The van der Waals surface area contributed by atoms with Gasteiger partial charge in [0.15, 0.2) is 0 Å². The molecule has 0 amide bonds. The van der Waals surface area contributed by atoms with Crippen LogP contribution in [-0.4, -0.2) is 23.8 Å². The van der Waals surface area contributed by atoms with Crippen molar-refractivity contribution in [2.75, 3.05) is 6.54 Å². The molecule has 2 N–H and O–H groups in total. The number of benzene rings is 1. The van der Waals surface area contributed by atoms with Crippen molar-refractivity contribution in [1.82, 2.24) is 5.32 Å². The minimum atomic E-state index is -0.210. The summed E-state index contributed by atoms with van der Waals surface area (Å²) in [5, 5.41) is 13.5. The molecule has 0 saturated carbocycles. The van der Waals surface area contributed by atoms with Crippen LogP contribution in [0.2, 0.25) is 0 Å². The lowest BCUT2D eigenvalue weighted by Crippen LogP contribution is -2.37. The molecule has 1 aromatic rings. The second-order valence-corrected chi connectivity index (χ2v) is 4.73. The Labute approximate surface area is 97.7 Å². The van der Waals surface area contributed by atoms with Crippen molar-refractivity contribution >= 4 is 0 Å². The van der Waals surface area contributed by atoms with Crippen molar-refractivity contribution in [3.63, 3.8) is 0 Å². The van der Waals surface area contributed by atoms with Gasteiger partial charge >= 0.3 is 0 Å². The van der Waals surface area contributed by atoms with Gasteiger partial charge in [-0.25, -0.2) is 0 Å². The topological polar surface area (TPSA) is 32.3 Å². The predicted molar refractivity (Wildman–Crippen MR) is 66.4 cm³/mol. The van der Waals surface area contributed by atoms with Gasteiger partial charge in [0.05, 0.1) is 6.10 Å². The Morgan fingerprint density at radius 2 is 2.06 bits per heavy atom. The minimum Gasteiger partial charge on any atom is -0.393 e. The van der Waals surface area contributed by atoms with E-state index in [0.717, 1.165) is 19.4 Å². The molecule has 16 heavy (non-hydrogen) atoms. The van der Waals surface area contributed by atoms with Gasteiger partial charge < -0.3 is 10.4 Å². The molecule has 1 saturated heterocycles. The Kier molecular flexibility index (Phi) is 4.37. The smallest absolute Gasteiger partial charge is 0.0595 e. The minimum absolute atomic E-state index is 0.210. The number of nitrogens with one attached hydrogen (secondary N) is 1. The van der Waals surface area contributed by atoms with Crippen molar-refractivity contribution in [2.24, 2.45) is 0 Å². The van der Waals surface area contributed by atoms with Gasteiger partial charge in [-0.1, -0.05) is 36.8 Å². The number of aliphatic hydroxyl groups is 1. The summed E-state index contributed by atoms with van der Waals surface area (Å²) in [6, 6.07) is 10.8. The largest absolute Gasteiger partial charge is 0.393 e. The maximum Gasteiger partial charge on any atom is 0.0595 e. The SMILES string of the molecule is OC(Cc1ccccc1)CC1CCCCN1. The van der Waals surface area contributed by atoms with Gasteiger partial charge in [0.25, 0.3) is 0 Å². The standard InChI is InChI=1S/C14H21NO/c16-14(10-12-6-2-1-3-7-12)11-13-8-4-5-9-15-13/h1-3,6-7,13-16H,4-5,8-11H2. The molecular formula is C14H21NO. The van der Waals surface area contributed by atoms with E-state index in [2.05, 4.69) is 17.4 Å². The van der Waals surface area contributed by atoms with Gasteiger partial charge in [-0.15, -0.1) is 0 Å². The van der Waals surface area contributed by atoms with Crippen LogP contribution in [0.15, 0.2) is 30.3 Å². The molecule has 0 bridgehead atoms. The molecular weight excluding hydrogens is 198 g/mol. The second kappa shape index (κ2) is 6.02. The van der Waals surface area contributed by atoms with Crippen LogP contribution in [0.1, 0.15) is 31.2 Å². The normalized spacial score (nSPS) is 22.9. The summed E-state index contributed by atoms with van der Waals surface area (Å²) in [4.78, 5) is 0. The molecule has 1 fully saturated rings. The first-order valence-corrected chi connectivity index (χ1v) is 6.30. The summed E-state index contributed by atoms with van der Waals surface area (Å²) in [6.45, 7) is 1.11. The highest BCUT2D eigenvalue weighted by Crippen LogP contribution is 2.14. The first-order valence-electron chi connectivity index (χ1n) is 6.30. The highest BCUT2D eigenvalue weighted by Gasteiger charge is 2.16. The van der Waals surface area contributed by atoms with E-state index in [-0.39, 0.29) is 6.10 Å². The lowest BCUT2D eigenvalue weighted by molar-refractivity contribution is 0.143. The van der Waals surface area contributed by atoms with E-state index in [0.29, 0.717) is 6.04 Å². The third kappa shape index (κ3) is 3.62. The number of aliphatic hydroxyl groups excluding tert-OH is 1. The molecule has 0 radical (unpaired) electrons. The van der Waals surface area contributed by atoms with Crippen LogP contribution in [0.4, 0.5) is 0 Å². The predicted octanol–water partition coefficient (Wildman–Crippen LogP) is 2.12. The van der Waals surface area contributed by atoms with E-state index in [1.807, 2.05) is 18.2 Å². The second-order valence-electron chi connectivity index (χ2n) is 4.73. The van der Waals surface area contributed by atoms with E-state index in [4.69, 9.17) is 0 Å². The van der Waals surface area contributed by atoms with E-state index < -0.39 is 0 Å². The third-order valence-electron chi connectivity index (χ3n) is 3.28. The Hall–Kier alpha value is -0.860. The zero-order valence-electron chi connectivity index (χ0n) is 9.73. The molecule has 1 aliphatic heterocycles. The van der Waals surface area contributed by atoms with Crippen molar-refractivity contribution in [3.05, 3.63) is 35.9 Å². The fourth-order valence-electron chi connectivity index (χ4n) is 2.42. The van der Waals surface area contributed by atoms with Gasteiger partial charge in [0, 0.05) is 6.04 Å². The van der Waals surface area contributed by atoms with Crippen molar-refractivity contribution in [1.29, 1.82) is 0 Å². The van der Waals surface area contributed by atoms with E-state index >= 15 is 0 Å². The Bertz CT molecular complexity index is 293. The van der Waals surface area contributed by atoms with Crippen LogP contribution in [0, 0.1) is 0 Å². The zero-order chi connectivity index (χ0) is 11.2. The van der Waals surface area contributed by atoms with Crippen LogP contribution in [0.3, 0.4) is 0 Å². The molecule has 2 atom stereocenters. The Morgan fingerprint density at radius 3 is 2.75 bits per heavy atom. The number of piperidine rings is 1. The first-order chi connectivity index (χ1) is 7.84. The van der Waals surface area contributed by atoms with Crippen molar-refractivity contribution in [2.45, 2.75) is 44.2 Å². The quantitative estimate of drug-likeness (QED) is 0.813. The van der Waals surface area contributed by atoms with Crippen LogP contribution >= 0.6 is 0 Å². The average molecular weight is 219 g/mol. The average Bonchev–Trinajstić information content (AvgIpc) is 2.31. The van der Waals surface area contributed by atoms with Crippen LogP contribution in [0.25, 0.3) is 0 Å². The summed E-state index contributed by atoms with van der Waals surface area (Å²) in [7, 11) is 0. The summed E-state index contributed by atoms with van der Waals surface area (Å²) in [5.74, 6) is 0. The Balaban J connectivity index is 1.77. The van der Waals surface area contributed by atoms with Crippen LogP contribution in [-0.2, 0) is 6.42 Å². The highest BCUT2D eigenvalue weighted by atomic mass is 16.3. The molecule has 0 spiro atoms. The van der Waals surface area contributed by atoms with E-state index in [1.54, 1.807) is 0 Å². The maximum absolute atomic E-state index is 10.0.